The minimum absolute atomic E-state index is 0.0642. The Kier molecular flexibility index (Phi) is 9.71. The van der Waals surface area contributed by atoms with Crippen molar-refractivity contribution in [2.24, 2.45) is 0 Å². The number of nitrogens with zero attached hydrogens (tertiary/aromatic N) is 2. The first-order valence-corrected chi connectivity index (χ1v) is 14.3. The van der Waals surface area contributed by atoms with Crippen molar-refractivity contribution in [1.82, 2.24) is 9.55 Å². The number of aromatic nitrogens is 2. The Bertz CT molecular complexity index is 2010. The van der Waals surface area contributed by atoms with Crippen LogP contribution in [0.3, 0.4) is 0 Å². The molecule has 2 aromatic heterocycles. The molecule has 0 spiro atoms. The Morgan fingerprint density at radius 1 is 0.766 bits per heavy atom. The van der Waals surface area contributed by atoms with Crippen LogP contribution in [-0.2, 0) is 22.7 Å². The Labute approximate surface area is 269 Å². The first-order chi connectivity index (χ1) is 22.8. The zero-order chi connectivity index (χ0) is 33.7. The largest absolute Gasteiger partial charge is 0.493 e. The number of carbonyl (C=O) groups excluding carboxylic acids is 2. The number of ether oxygens (including phenoxy) is 6. The summed E-state index contributed by atoms with van der Waals surface area (Å²) in [6.07, 6.45) is 0. The van der Waals surface area contributed by atoms with Gasteiger partial charge in [0.05, 0.1) is 70.2 Å². The molecule has 0 aliphatic carbocycles. The number of pyridine rings is 2. The number of esters is 2. The number of carbonyl (C=O) groups is 2. The van der Waals surface area contributed by atoms with Crippen molar-refractivity contribution >= 4 is 22.7 Å². The van der Waals surface area contributed by atoms with Crippen molar-refractivity contribution in [3.63, 3.8) is 0 Å². The lowest BCUT2D eigenvalue weighted by Gasteiger charge is -2.21. The topological polar surface area (TPSA) is 145 Å². The molecule has 1 N–H and O–H groups in total. The number of hydrogen-bond donors (Lipinski definition) is 1. The van der Waals surface area contributed by atoms with Crippen molar-refractivity contribution in [1.29, 1.82) is 0 Å². The van der Waals surface area contributed by atoms with Gasteiger partial charge in [-0.2, -0.15) is 0 Å². The summed E-state index contributed by atoms with van der Waals surface area (Å²) < 4.78 is 34.0. The van der Waals surface area contributed by atoms with Gasteiger partial charge in [0.25, 0.3) is 5.56 Å². The molecule has 2 heterocycles. The van der Waals surface area contributed by atoms with Crippen LogP contribution in [0.5, 0.6) is 23.0 Å². The van der Waals surface area contributed by atoms with Gasteiger partial charge in [-0.1, -0.05) is 12.1 Å². The fraction of sp³-hybridized carbons (Fsp3) is 0.200. The molecule has 12 heteroatoms. The van der Waals surface area contributed by atoms with Crippen LogP contribution in [0.4, 0.5) is 0 Å². The third kappa shape index (κ3) is 6.31. The number of hydrogen-bond acceptors (Lipinski definition) is 11. The molecule has 12 nitrogen and oxygen atoms in total. The lowest BCUT2D eigenvalue weighted by molar-refractivity contribution is 0.0587. The zero-order valence-electron chi connectivity index (χ0n) is 26.4. The minimum atomic E-state index is -0.814. The summed E-state index contributed by atoms with van der Waals surface area (Å²) in [6, 6.07) is 19.6. The van der Waals surface area contributed by atoms with Gasteiger partial charge in [-0.3, -0.25) is 14.3 Å². The highest BCUT2D eigenvalue weighted by molar-refractivity contribution is 6.08. The van der Waals surface area contributed by atoms with E-state index in [0.717, 1.165) is 0 Å². The van der Waals surface area contributed by atoms with Gasteiger partial charge in [-0.05, 0) is 71.6 Å². The second-order valence-electron chi connectivity index (χ2n) is 10.1. The van der Waals surface area contributed by atoms with Crippen LogP contribution in [-0.4, -0.2) is 62.1 Å². The molecule has 0 radical (unpaired) electrons. The van der Waals surface area contributed by atoms with Crippen LogP contribution >= 0.6 is 0 Å². The zero-order valence-corrected chi connectivity index (χ0v) is 26.4. The molecule has 0 unspecified atom stereocenters. The lowest BCUT2D eigenvalue weighted by atomic mass is 9.95. The molecular weight excluding hydrogens is 608 g/mol. The smallest absolute Gasteiger partial charge is 0.355 e. The maximum Gasteiger partial charge on any atom is 0.355 e. The predicted octanol–water partition coefficient (Wildman–Crippen LogP) is 4.72. The van der Waals surface area contributed by atoms with Crippen molar-refractivity contribution in [3.8, 4) is 39.8 Å². The first kappa shape index (κ1) is 32.5. The summed E-state index contributed by atoms with van der Waals surface area (Å²) in [5.41, 5.74) is 1.52. The quantitative estimate of drug-likeness (QED) is 0.200. The molecule has 5 rings (SSSR count). The van der Waals surface area contributed by atoms with Crippen LogP contribution in [0.15, 0.2) is 77.6 Å². The van der Waals surface area contributed by atoms with Gasteiger partial charge in [0.2, 0.25) is 5.75 Å². The normalized spacial score (nSPS) is 10.8. The highest BCUT2D eigenvalue weighted by atomic mass is 16.5. The number of aliphatic hydroxyl groups is 1. The van der Waals surface area contributed by atoms with Crippen LogP contribution in [0.25, 0.3) is 27.6 Å². The monoisotopic (exact) mass is 640 g/mol. The van der Waals surface area contributed by atoms with E-state index in [0.29, 0.717) is 50.9 Å². The van der Waals surface area contributed by atoms with Gasteiger partial charge in [0.15, 0.2) is 11.5 Å². The summed E-state index contributed by atoms with van der Waals surface area (Å²) in [7, 11) is 6.86. The summed E-state index contributed by atoms with van der Waals surface area (Å²) >= 11 is 0. The highest BCUT2D eigenvalue weighted by Crippen LogP contribution is 2.44. The average molecular weight is 641 g/mol. The van der Waals surface area contributed by atoms with Gasteiger partial charge >= 0.3 is 11.9 Å². The maximum atomic E-state index is 14.4. The van der Waals surface area contributed by atoms with Crippen LogP contribution in [0.2, 0.25) is 0 Å². The number of fused-ring (bicyclic) bond motifs is 1. The van der Waals surface area contributed by atoms with Gasteiger partial charge in [-0.15, -0.1) is 0 Å². The van der Waals surface area contributed by atoms with Crippen LogP contribution in [0, 0.1) is 0 Å². The number of rotatable bonds is 11. The van der Waals surface area contributed by atoms with E-state index in [1.54, 1.807) is 60.7 Å². The molecule has 5 aromatic rings. The van der Waals surface area contributed by atoms with Crippen LogP contribution < -0.4 is 24.5 Å². The van der Waals surface area contributed by atoms with Gasteiger partial charge in [0.1, 0.15) is 18.1 Å². The molecule has 0 bridgehead atoms. The summed E-state index contributed by atoms with van der Waals surface area (Å²) in [5.74, 6) is -0.132. The Balaban J connectivity index is 1.84. The van der Waals surface area contributed by atoms with Crippen molar-refractivity contribution < 1.29 is 43.1 Å². The molecule has 0 amide bonds. The Morgan fingerprint density at radius 3 is 2.09 bits per heavy atom. The molecule has 0 atom stereocenters. The molecule has 47 heavy (non-hydrogen) atoms. The fourth-order valence-electron chi connectivity index (χ4n) is 5.27. The van der Waals surface area contributed by atoms with Crippen molar-refractivity contribution in [2.75, 3.05) is 35.5 Å². The minimum Gasteiger partial charge on any atom is -0.493 e. The summed E-state index contributed by atoms with van der Waals surface area (Å²) in [4.78, 5) is 44.9. The standard InChI is InChI=1S/C35H32N2O10/c1-42-28-15-21(16-29(43-2)32(28)44-3)30-26-13-12-25(47-19-23-10-7-9-22(18-38)36-23)17-27(26)33(39)37(31(30)35(41)46-5)24-11-6-8-20(14-24)34(40)45-4/h6-17,38H,18-19H2,1-5H3. The predicted molar refractivity (Wildman–Crippen MR) is 172 cm³/mol. The summed E-state index contributed by atoms with van der Waals surface area (Å²) in [6.45, 7) is -0.151. The Hall–Kier alpha value is -5.88. The van der Waals surface area contributed by atoms with E-state index in [-0.39, 0.29) is 35.5 Å². The fourth-order valence-corrected chi connectivity index (χ4v) is 5.27. The molecule has 0 aliphatic rings. The molecular formula is C35H32N2O10. The van der Waals surface area contributed by atoms with E-state index in [9.17, 15) is 19.5 Å². The van der Waals surface area contributed by atoms with E-state index in [1.807, 2.05) is 0 Å². The van der Waals surface area contributed by atoms with Gasteiger partial charge < -0.3 is 33.5 Å². The maximum absolute atomic E-state index is 14.4. The van der Waals surface area contributed by atoms with Gasteiger partial charge in [0, 0.05) is 5.56 Å². The van der Waals surface area contributed by atoms with E-state index in [4.69, 9.17) is 28.4 Å². The van der Waals surface area contributed by atoms with E-state index in [2.05, 4.69) is 4.98 Å². The molecule has 242 valence electrons. The first-order valence-electron chi connectivity index (χ1n) is 14.3. The number of benzene rings is 3. The summed E-state index contributed by atoms with van der Waals surface area (Å²) in [5, 5.41) is 10.0. The third-order valence-electron chi connectivity index (χ3n) is 7.43. The van der Waals surface area contributed by atoms with E-state index in [1.165, 1.54) is 52.2 Å². The average Bonchev–Trinajstić information content (AvgIpc) is 3.12. The molecule has 0 saturated heterocycles. The van der Waals surface area contributed by atoms with Crippen LogP contribution in [0.1, 0.15) is 32.2 Å². The molecule has 0 fully saturated rings. The third-order valence-corrected chi connectivity index (χ3v) is 7.43. The SMILES string of the molecule is COC(=O)c1cccc(-n2c(C(=O)OC)c(-c3cc(OC)c(OC)c(OC)c3)c3ccc(OCc4cccc(CO)n4)cc3c2=O)c1. The molecule has 0 saturated carbocycles. The number of methoxy groups -OCH3 is 5. The molecule has 0 aliphatic heterocycles. The second kappa shape index (κ2) is 14.0. The van der Waals surface area contributed by atoms with E-state index >= 15 is 0 Å². The van der Waals surface area contributed by atoms with Crippen molar-refractivity contribution in [2.45, 2.75) is 13.2 Å². The highest BCUT2D eigenvalue weighted by Gasteiger charge is 2.27. The lowest BCUT2D eigenvalue weighted by Crippen LogP contribution is -2.27. The van der Waals surface area contributed by atoms with E-state index < -0.39 is 17.5 Å². The Morgan fingerprint density at radius 2 is 1.45 bits per heavy atom. The molecule has 3 aromatic carbocycles. The van der Waals surface area contributed by atoms with Gasteiger partial charge in [-0.25, -0.2) is 9.59 Å². The van der Waals surface area contributed by atoms with Crippen molar-refractivity contribution in [3.05, 3.63) is 106 Å². The number of aliphatic hydroxyl groups excluding tert-OH is 1. The second-order valence-corrected chi connectivity index (χ2v) is 10.1.